The molecule has 1 aromatic carbocycles. The van der Waals surface area contributed by atoms with Crippen molar-refractivity contribution in [3.05, 3.63) is 40.8 Å². The molecule has 1 heterocycles. The summed E-state index contributed by atoms with van der Waals surface area (Å²) in [6, 6.07) is 6.15. The van der Waals surface area contributed by atoms with Crippen LogP contribution in [0.1, 0.15) is 0 Å². The van der Waals surface area contributed by atoms with Crippen molar-refractivity contribution in [2.75, 3.05) is 0 Å². The summed E-state index contributed by atoms with van der Waals surface area (Å²) in [5, 5.41) is 3.75. The van der Waals surface area contributed by atoms with Gasteiger partial charge in [0.1, 0.15) is 17.8 Å². The van der Waals surface area contributed by atoms with Gasteiger partial charge in [0.15, 0.2) is 0 Å². The Kier molecular flexibility index (Phi) is 2.14. The fourth-order valence-electron chi connectivity index (χ4n) is 1.05. The molecule has 2 rings (SSSR count). The number of rotatable bonds is 1. The van der Waals surface area contributed by atoms with Crippen LogP contribution in [0.25, 0.3) is 11.3 Å². The Balaban J connectivity index is 2.53. The van der Waals surface area contributed by atoms with E-state index in [9.17, 15) is 4.39 Å². The quantitative estimate of drug-likeness (QED) is 0.767. The Bertz CT molecular complexity index is 414. The molecule has 0 aliphatic heterocycles. The number of aromatic nitrogens is 1. The molecule has 2 aromatic rings. The standard InChI is InChI=1S/C9H5BrFNO/c10-8-5-6(11)1-2-7(8)9-3-4-13-12-9/h1-5H. The van der Waals surface area contributed by atoms with Gasteiger partial charge < -0.3 is 4.52 Å². The van der Waals surface area contributed by atoms with Gasteiger partial charge in [0.25, 0.3) is 0 Å². The first-order valence-electron chi connectivity index (χ1n) is 3.63. The van der Waals surface area contributed by atoms with Gasteiger partial charge in [-0.1, -0.05) is 5.16 Å². The smallest absolute Gasteiger partial charge is 0.124 e. The van der Waals surface area contributed by atoms with Crippen LogP contribution in [0.4, 0.5) is 4.39 Å². The fraction of sp³-hybridized carbons (Fsp3) is 0. The second-order valence-electron chi connectivity index (χ2n) is 2.51. The number of halogens is 2. The Morgan fingerprint density at radius 1 is 1.31 bits per heavy atom. The maximum atomic E-state index is 12.7. The fourth-order valence-corrected chi connectivity index (χ4v) is 1.60. The lowest BCUT2D eigenvalue weighted by Gasteiger charge is -1.98. The molecule has 0 amide bonds. The van der Waals surface area contributed by atoms with Crippen LogP contribution in [-0.2, 0) is 0 Å². The minimum absolute atomic E-state index is 0.279. The first-order chi connectivity index (χ1) is 6.27. The second-order valence-corrected chi connectivity index (χ2v) is 3.36. The van der Waals surface area contributed by atoms with E-state index in [1.165, 1.54) is 18.4 Å². The van der Waals surface area contributed by atoms with Gasteiger partial charge in [-0.25, -0.2) is 4.39 Å². The summed E-state index contributed by atoms with van der Waals surface area (Å²) in [5.41, 5.74) is 1.50. The first-order valence-corrected chi connectivity index (χ1v) is 4.42. The van der Waals surface area contributed by atoms with Gasteiger partial charge in [-0.15, -0.1) is 0 Å². The van der Waals surface area contributed by atoms with Gasteiger partial charge >= 0.3 is 0 Å². The molecular weight excluding hydrogens is 237 g/mol. The number of benzene rings is 1. The van der Waals surface area contributed by atoms with Crippen LogP contribution in [0.5, 0.6) is 0 Å². The second kappa shape index (κ2) is 3.30. The lowest BCUT2D eigenvalue weighted by Crippen LogP contribution is -1.81. The normalized spacial score (nSPS) is 10.3. The summed E-state index contributed by atoms with van der Waals surface area (Å²) in [6.07, 6.45) is 1.48. The van der Waals surface area contributed by atoms with E-state index in [-0.39, 0.29) is 5.82 Å². The molecule has 0 atom stereocenters. The van der Waals surface area contributed by atoms with Gasteiger partial charge in [-0.3, -0.25) is 0 Å². The highest BCUT2D eigenvalue weighted by Gasteiger charge is 2.06. The van der Waals surface area contributed by atoms with Crippen molar-refractivity contribution in [1.82, 2.24) is 5.16 Å². The zero-order valence-corrected chi connectivity index (χ0v) is 8.08. The van der Waals surface area contributed by atoms with Gasteiger partial charge in [-0.05, 0) is 34.1 Å². The third-order valence-electron chi connectivity index (χ3n) is 1.64. The highest BCUT2D eigenvalue weighted by Crippen LogP contribution is 2.27. The van der Waals surface area contributed by atoms with Gasteiger partial charge in [0, 0.05) is 16.1 Å². The van der Waals surface area contributed by atoms with E-state index < -0.39 is 0 Å². The first kappa shape index (κ1) is 8.44. The molecule has 13 heavy (non-hydrogen) atoms. The number of hydrogen-bond acceptors (Lipinski definition) is 2. The summed E-state index contributed by atoms with van der Waals surface area (Å²) in [6.45, 7) is 0. The zero-order chi connectivity index (χ0) is 9.26. The monoisotopic (exact) mass is 241 g/mol. The molecule has 0 unspecified atom stereocenters. The molecular formula is C9H5BrFNO. The Labute approximate surface area is 82.5 Å². The average Bonchev–Trinajstić information content (AvgIpc) is 2.56. The molecule has 0 bridgehead atoms. The number of nitrogens with zero attached hydrogens (tertiary/aromatic N) is 1. The largest absolute Gasteiger partial charge is 0.364 e. The van der Waals surface area contributed by atoms with Crippen molar-refractivity contribution < 1.29 is 8.91 Å². The third-order valence-corrected chi connectivity index (χ3v) is 2.30. The van der Waals surface area contributed by atoms with Crippen molar-refractivity contribution in [3.63, 3.8) is 0 Å². The van der Waals surface area contributed by atoms with E-state index in [4.69, 9.17) is 0 Å². The molecule has 0 fully saturated rings. The van der Waals surface area contributed by atoms with Crippen molar-refractivity contribution in [3.8, 4) is 11.3 Å². The minimum atomic E-state index is -0.279. The van der Waals surface area contributed by atoms with Gasteiger partial charge in [-0.2, -0.15) is 0 Å². The van der Waals surface area contributed by atoms with Crippen molar-refractivity contribution in [2.24, 2.45) is 0 Å². The highest BCUT2D eigenvalue weighted by molar-refractivity contribution is 9.10. The Hall–Kier alpha value is -1.16. The molecule has 0 saturated carbocycles. The summed E-state index contributed by atoms with van der Waals surface area (Å²) >= 11 is 3.25. The third kappa shape index (κ3) is 1.62. The summed E-state index contributed by atoms with van der Waals surface area (Å²) in [4.78, 5) is 0. The number of hydrogen-bond donors (Lipinski definition) is 0. The molecule has 0 N–H and O–H groups in total. The van der Waals surface area contributed by atoms with E-state index in [0.29, 0.717) is 10.2 Å². The van der Waals surface area contributed by atoms with Crippen LogP contribution in [0.3, 0.4) is 0 Å². The lowest BCUT2D eigenvalue weighted by atomic mass is 10.1. The molecule has 0 spiro atoms. The summed E-state index contributed by atoms with van der Waals surface area (Å²) < 4.78 is 18.1. The van der Waals surface area contributed by atoms with Crippen LogP contribution in [-0.4, -0.2) is 5.16 Å². The van der Waals surface area contributed by atoms with Crippen LogP contribution in [0, 0.1) is 5.82 Å². The molecule has 4 heteroatoms. The van der Waals surface area contributed by atoms with Crippen molar-refractivity contribution in [2.45, 2.75) is 0 Å². The predicted octanol–water partition coefficient (Wildman–Crippen LogP) is 3.24. The minimum Gasteiger partial charge on any atom is -0.364 e. The van der Waals surface area contributed by atoms with Crippen LogP contribution >= 0.6 is 15.9 Å². The molecule has 0 aliphatic rings. The topological polar surface area (TPSA) is 26.0 Å². The summed E-state index contributed by atoms with van der Waals surface area (Å²) in [5.74, 6) is -0.279. The van der Waals surface area contributed by atoms with Crippen LogP contribution < -0.4 is 0 Å². The Morgan fingerprint density at radius 2 is 2.15 bits per heavy atom. The van der Waals surface area contributed by atoms with E-state index in [0.717, 1.165) is 5.56 Å². The maximum absolute atomic E-state index is 12.7. The molecule has 0 saturated heterocycles. The molecule has 0 radical (unpaired) electrons. The van der Waals surface area contributed by atoms with E-state index >= 15 is 0 Å². The van der Waals surface area contributed by atoms with E-state index in [1.54, 1.807) is 12.1 Å². The van der Waals surface area contributed by atoms with Crippen molar-refractivity contribution >= 4 is 15.9 Å². The zero-order valence-electron chi connectivity index (χ0n) is 6.50. The predicted molar refractivity (Wildman–Crippen MR) is 49.6 cm³/mol. The van der Waals surface area contributed by atoms with Crippen LogP contribution in [0.15, 0.2) is 39.5 Å². The van der Waals surface area contributed by atoms with E-state index in [1.807, 2.05) is 0 Å². The van der Waals surface area contributed by atoms with E-state index in [2.05, 4.69) is 25.6 Å². The summed E-state index contributed by atoms with van der Waals surface area (Å²) in [7, 11) is 0. The van der Waals surface area contributed by atoms with Gasteiger partial charge in [0.2, 0.25) is 0 Å². The Morgan fingerprint density at radius 3 is 2.77 bits per heavy atom. The van der Waals surface area contributed by atoms with Gasteiger partial charge in [0.05, 0.1) is 0 Å². The highest BCUT2D eigenvalue weighted by atomic mass is 79.9. The molecule has 0 aliphatic carbocycles. The molecule has 1 aromatic heterocycles. The molecule has 66 valence electrons. The lowest BCUT2D eigenvalue weighted by molar-refractivity contribution is 0.422. The van der Waals surface area contributed by atoms with Crippen LogP contribution in [0.2, 0.25) is 0 Å². The average molecular weight is 242 g/mol. The molecule has 2 nitrogen and oxygen atoms in total. The SMILES string of the molecule is Fc1ccc(-c2ccon2)c(Br)c1. The van der Waals surface area contributed by atoms with Crippen molar-refractivity contribution in [1.29, 1.82) is 0 Å². The maximum Gasteiger partial charge on any atom is 0.124 e.